The SMILES string of the molecule is OCCC(O)Oc1cc[c]cc1. The molecule has 1 aromatic carbocycles. The molecule has 0 saturated heterocycles. The second-order valence-electron chi connectivity index (χ2n) is 2.32. The molecule has 0 spiro atoms. The van der Waals surface area contributed by atoms with Crippen molar-refractivity contribution in [3.63, 3.8) is 0 Å². The van der Waals surface area contributed by atoms with E-state index in [1.807, 2.05) is 0 Å². The van der Waals surface area contributed by atoms with Gasteiger partial charge in [0.2, 0.25) is 0 Å². The molecule has 2 N–H and O–H groups in total. The summed E-state index contributed by atoms with van der Waals surface area (Å²) in [6, 6.07) is 9.61. The first-order valence-electron chi connectivity index (χ1n) is 3.74. The third-order valence-electron chi connectivity index (χ3n) is 1.34. The lowest BCUT2D eigenvalue weighted by atomic mass is 10.3. The first kappa shape index (κ1) is 9.03. The fraction of sp³-hybridized carbons (Fsp3) is 0.333. The van der Waals surface area contributed by atoms with Crippen LogP contribution < -0.4 is 4.74 Å². The molecule has 1 radical (unpaired) electrons. The van der Waals surface area contributed by atoms with Crippen LogP contribution in [-0.2, 0) is 0 Å². The molecular formula is C9H11O3. The summed E-state index contributed by atoms with van der Waals surface area (Å²) in [7, 11) is 0. The third kappa shape index (κ3) is 2.90. The normalized spacial score (nSPS) is 12.5. The molecule has 0 bridgehead atoms. The Labute approximate surface area is 71.2 Å². The van der Waals surface area contributed by atoms with E-state index in [1.165, 1.54) is 0 Å². The van der Waals surface area contributed by atoms with Crippen LogP contribution in [0.1, 0.15) is 6.42 Å². The zero-order valence-corrected chi connectivity index (χ0v) is 6.60. The lowest BCUT2D eigenvalue weighted by Gasteiger charge is -2.11. The van der Waals surface area contributed by atoms with Gasteiger partial charge in [0, 0.05) is 13.0 Å². The van der Waals surface area contributed by atoms with Crippen LogP contribution in [0.15, 0.2) is 24.3 Å². The number of benzene rings is 1. The lowest BCUT2D eigenvalue weighted by Crippen LogP contribution is -2.16. The summed E-state index contributed by atoms with van der Waals surface area (Å²) >= 11 is 0. The van der Waals surface area contributed by atoms with Crippen molar-refractivity contribution < 1.29 is 14.9 Å². The Kier molecular flexibility index (Phi) is 3.57. The highest BCUT2D eigenvalue weighted by Crippen LogP contribution is 2.10. The van der Waals surface area contributed by atoms with E-state index < -0.39 is 6.29 Å². The maximum atomic E-state index is 9.11. The Morgan fingerprint density at radius 2 is 2.08 bits per heavy atom. The van der Waals surface area contributed by atoms with Crippen molar-refractivity contribution >= 4 is 0 Å². The van der Waals surface area contributed by atoms with E-state index in [1.54, 1.807) is 24.3 Å². The fourth-order valence-electron chi connectivity index (χ4n) is 0.777. The van der Waals surface area contributed by atoms with Crippen LogP contribution >= 0.6 is 0 Å². The highest BCUT2D eigenvalue weighted by atomic mass is 16.6. The molecule has 65 valence electrons. The Morgan fingerprint density at radius 1 is 1.42 bits per heavy atom. The average Bonchev–Trinajstić information content (AvgIpc) is 2.06. The number of ether oxygens (including phenoxy) is 1. The van der Waals surface area contributed by atoms with Gasteiger partial charge in [0.05, 0.1) is 0 Å². The summed E-state index contributed by atoms with van der Waals surface area (Å²) in [5, 5.41) is 17.6. The van der Waals surface area contributed by atoms with Gasteiger partial charge in [-0.1, -0.05) is 12.1 Å². The summed E-state index contributed by atoms with van der Waals surface area (Å²) in [4.78, 5) is 0. The van der Waals surface area contributed by atoms with Crippen LogP contribution in [0.3, 0.4) is 0 Å². The van der Waals surface area contributed by atoms with Crippen LogP contribution in [0.4, 0.5) is 0 Å². The van der Waals surface area contributed by atoms with Gasteiger partial charge in [0.25, 0.3) is 0 Å². The van der Waals surface area contributed by atoms with Gasteiger partial charge in [-0.2, -0.15) is 0 Å². The standard InChI is InChI=1S/C9H11O3/c10-7-6-9(11)12-8-4-2-1-3-5-8/h2-5,9-11H,6-7H2. The molecule has 1 rings (SSSR count). The van der Waals surface area contributed by atoms with Gasteiger partial charge in [-0.15, -0.1) is 0 Å². The quantitative estimate of drug-likeness (QED) is 0.644. The number of aliphatic hydroxyl groups is 2. The molecule has 0 heterocycles. The molecule has 1 unspecified atom stereocenters. The van der Waals surface area contributed by atoms with Crippen molar-refractivity contribution in [3.05, 3.63) is 30.3 Å². The van der Waals surface area contributed by atoms with Crippen LogP contribution in [0, 0.1) is 6.07 Å². The Hall–Kier alpha value is -1.06. The highest BCUT2D eigenvalue weighted by Gasteiger charge is 2.02. The molecule has 0 amide bonds. The molecular weight excluding hydrogens is 156 g/mol. The fourth-order valence-corrected chi connectivity index (χ4v) is 0.777. The van der Waals surface area contributed by atoms with Gasteiger partial charge in [-0.3, -0.25) is 0 Å². The van der Waals surface area contributed by atoms with Gasteiger partial charge < -0.3 is 14.9 Å². The summed E-state index contributed by atoms with van der Waals surface area (Å²) in [6.45, 7) is -0.0832. The van der Waals surface area contributed by atoms with Crippen molar-refractivity contribution in [3.8, 4) is 5.75 Å². The second-order valence-corrected chi connectivity index (χ2v) is 2.32. The van der Waals surface area contributed by atoms with Gasteiger partial charge in [0.1, 0.15) is 5.75 Å². The van der Waals surface area contributed by atoms with E-state index in [0.717, 1.165) is 0 Å². The third-order valence-corrected chi connectivity index (χ3v) is 1.34. The molecule has 0 aromatic heterocycles. The molecule has 0 aliphatic heterocycles. The van der Waals surface area contributed by atoms with Crippen molar-refractivity contribution in [1.29, 1.82) is 0 Å². The van der Waals surface area contributed by atoms with Crippen molar-refractivity contribution in [1.82, 2.24) is 0 Å². The summed E-state index contributed by atoms with van der Waals surface area (Å²) in [5.41, 5.74) is 0. The van der Waals surface area contributed by atoms with E-state index in [0.29, 0.717) is 5.75 Å². The summed E-state index contributed by atoms with van der Waals surface area (Å²) < 4.78 is 5.03. The van der Waals surface area contributed by atoms with Gasteiger partial charge in [0.15, 0.2) is 6.29 Å². The monoisotopic (exact) mass is 167 g/mol. The molecule has 0 fully saturated rings. The molecule has 0 saturated carbocycles. The predicted molar refractivity (Wildman–Crippen MR) is 43.6 cm³/mol. The van der Waals surface area contributed by atoms with Crippen LogP contribution in [0.2, 0.25) is 0 Å². The first-order valence-corrected chi connectivity index (χ1v) is 3.74. The van der Waals surface area contributed by atoms with Crippen LogP contribution in [0.25, 0.3) is 0 Å². The summed E-state index contributed by atoms with van der Waals surface area (Å²) in [5.74, 6) is 0.578. The van der Waals surface area contributed by atoms with Gasteiger partial charge in [-0.05, 0) is 18.2 Å². The van der Waals surface area contributed by atoms with Crippen molar-refractivity contribution in [2.75, 3.05) is 6.61 Å². The zero-order valence-electron chi connectivity index (χ0n) is 6.60. The van der Waals surface area contributed by atoms with E-state index in [9.17, 15) is 0 Å². The largest absolute Gasteiger partial charge is 0.465 e. The molecule has 3 heteroatoms. The molecule has 0 aliphatic rings. The molecule has 1 aromatic rings. The Balaban J connectivity index is 2.41. The molecule has 1 atom stereocenters. The Morgan fingerprint density at radius 3 is 2.67 bits per heavy atom. The van der Waals surface area contributed by atoms with E-state index >= 15 is 0 Å². The highest BCUT2D eigenvalue weighted by molar-refractivity contribution is 5.20. The minimum Gasteiger partial charge on any atom is -0.465 e. The molecule has 12 heavy (non-hydrogen) atoms. The van der Waals surface area contributed by atoms with Crippen LogP contribution in [-0.4, -0.2) is 23.1 Å². The number of aliphatic hydroxyl groups excluding tert-OH is 2. The predicted octanol–water partition coefficient (Wildman–Crippen LogP) is 0.566. The van der Waals surface area contributed by atoms with Crippen molar-refractivity contribution in [2.45, 2.75) is 12.7 Å². The minimum atomic E-state index is -0.933. The number of hydrogen-bond acceptors (Lipinski definition) is 3. The van der Waals surface area contributed by atoms with Gasteiger partial charge >= 0.3 is 0 Å². The Bertz CT molecular complexity index is 210. The minimum absolute atomic E-state index is 0.0832. The van der Waals surface area contributed by atoms with Gasteiger partial charge in [-0.25, -0.2) is 0 Å². The van der Waals surface area contributed by atoms with Crippen LogP contribution in [0.5, 0.6) is 5.75 Å². The van der Waals surface area contributed by atoms with Crippen molar-refractivity contribution in [2.24, 2.45) is 0 Å². The number of hydrogen-bond donors (Lipinski definition) is 2. The van der Waals surface area contributed by atoms with E-state index in [2.05, 4.69) is 6.07 Å². The maximum absolute atomic E-state index is 9.11. The van der Waals surface area contributed by atoms with E-state index in [-0.39, 0.29) is 13.0 Å². The maximum Gasteiger partial charge on any atom is 0.199 e. The average molecular weight is 167 g/mol. The zero-order chi connectivity index (χ0) is 8.81. The summed E-state index contributed by atoms with van der Waals surface area (Å²) in [6.07, 6.45) is -0.712. The topological polar surface area (TPSA) is 49.7 Å². The lowest BCUT2D eigenvalue weighted by molar-refractivity contribution is -0.0327. The molecule has 0 aliphatic carbocycles. The molecule has 3 nitrogen and oxygen atoms in total. The van der Waals surface area contributed by atoms with E-state index in [4.69, 9.17) is 14.9 Å². The smallest absolute Gasteiger partial charge is 0.199 e. The number of rotatable bonds is 4. The first-order chi connectivity index (χ1) is 5.83. The second kappa shape index (κ2) is 4.74.